The molecule has 1 heterocycles. The summed E-state index contributed by atoms with van der Waals surface area (Å²) in [5.41, 5.74) is 6.65. The minimum Gasteiger partial charge on any atom is -0.367 e. The fourth-order valence-corrected chi connectivity index (χ4v) is 2.42. The van der Waals surface area contributed by atoms with Gasteiger partial charge in [0, 0.05) is 26.2 Å². The number of carbonyl (C=O) groups excluding carboxylic acids is 1. The second kappa shape index (κ2) is 5.59. The monoisotopic (exact) mass is 267 g/mol. The molecule has 1 atom stereocenters. The van der Waals surface area contributed by atoms with Gasteiger partial charge in [-0.05, 0) is 19.1 Å². The normalized spacial score (nSPS) is 17.7. The van der Waals surface area contributed by atoms with Crippen LogP contribution in [0.15, 0.2) is 24.3 Å². The molecule has 1 aromatic carbocycles. The van der Waals surface area contributed by atoms with E-state index in [4.69, 9.17) is 17.3 Å². The van der Waals surface area contributed by atoms with Crippen LogP contribution < -0.4 is 10.6 Å². The molecule has 18 heavy (non-hydrogen) atoms. The van der Waals surface area contributed by atoms with Gasteiger partial charge in [-0.15, -0.1) is 0 Å². The number of amides is 1. The third-order valence-electron chi connectivity index (χ3n) is 3.17. The minimum atomic E-state index is -0.420. The number of halogens is 1. The molecule has 0 aliphatic carbocycles. The van der Waals surface area contributed by atoms with Crippen LogP contribution in [0, 0.1) is 0 Å². The fourth-order valence-electron chi connectivity index (χ4n) is 2.16. The Labute approximate surface area is 112 Å². The van der Waals surface area contributed by atoms with Crippen LogP contribution in [0.4, 0.5) is 5.69 Å². The average molecular weight is 268 g/mol. The lowest BCUT2D eigenvalue weighted by molar-refractivity contribution is -0.132. The van der Waals surface area contributed by atoms with Crippen molar-refractivity contribution in [1.82, 2.24) is 4.90 Å². The summed E-state index contributed by atoms with van der Waals surface area (Å²) in [7, 11) is 0. The zero-order valence-electron chi connectivity index (χ0n) is 10.5. The van der Waals surface area contributed by atoms with Gasteiger partial charge in [-0.25, -0.2) is 0 Å². The van der Waals surface area contributed by atoms with Crippen LogP contribution in [0.25, 0.3) is 0 Å². The molecule has 0 saturated carbocycles. The second-order valence-electron chi connectivity index (χ2n) is 4.55. The molecule has 0 spiro atoms. The maximum atomic E-state index is 11.8. The number of carbonyl (C=O) groups is 1. The molecule has 1 unspecified atom stereocenters. The van der Waals surface area contributed by atoms with Crippen LogP contribution >= 0.6 is 11.6 Å². The fraction of sp³-hybridized carbons (Fsp3) is 0.462. The standard InChI is InChI=1S/C13H18ClN3O/c1-10(15)13(18)17-8-6-16(7-9-17)12-5-3-2-4-11(12)14/h2-5,10H,6-9,15H2,1H3. The van der Waals surface area contributed by atoms with Crippen LogP contribution in [0.1, 0.15) is 6.92 Å². The molecule has 0 aromatic heterocycles. The largest absolute Gasteiger partial charge is 0.367 e. The summed E-state index contributed by atoms with van der Waals surface area (Å²) in [6, 6.07) is 7.36. The molecule has 5 heteroatoms. The van der Waals surface area contributed by atoms with Crippen LogP contribution in [0.5, 0.6) is 0 Å². The number of piperazine rings is 1. The Morgan fingerprint density at radius 2 is 1.89 bits per heavy atom. The Morgan fingerprint density at radius 1 is 1.28 bits per heavy atom. The zero-order chi connectivity index (χ0) is 13.1. The van der Waals surface area contributed by atoms with Crippen molar-refractivity contribution in [3.63, 3.8) is 0 Å². The van der Waals surface area contributed by atoms with Crippen LogP contribution in [-0.2, 0) is 4.79 Å². The van der Waals surface area contributed by atoms with Crippen molar-refractivity contribution >= 4 is 23.2 Å². The first-order chi connectivity index (χ1) is 8.59. The number of anilines is 1. The van der Waals surface area contributed by atoms with E-state index in [2.05, 4.69) is 4.90 Å². The highest BCUT2D eigenvalue weighted by Gasteiger charge is 2.23. The van der Waals surface area contributed by atoms with E-state index in [-0.39, 0.29) is 5.91 Å². The van der Waals surface area contributed by atoms with Crippen molar-refractivity contribution in [3.8, 4) is 0 Å². The van der Waals surface area contributed by atoms with Gasteiger partial charge in [-0.3, -0.25) is 4.79 Å². The number of hydrogen-bond donors (Lipinski definition) is 1. The Kier molecular flexibility index (Phi) is 4.09. The molecule has 1 amide bonds. The van der Waals surface area contributed by atoms with Crippen molar-refractivity contribution in [2.45, 2.75) is 13.0 Å². The highest BCUT2D eigenvalue weighted by molar-refractivity contribution is 6.33. The number of nitrogens with zero attached hydrogens (tertiary/aromatic N) is 2. The lowest BCUT2D eigenvalue weighted by Crippen LogP contribution is -2.52. The van der Waals surface area contributed by atoms with E-state index in [1.54, 1.807) is 6.92 Å². The molecule has 1 aliphatic heterocycles. The molecule has 0 radical (unpaired) electrons. The molecule has 98 valence electrons. The third kappa shape index (κ3) is 2.76. The van der Waals surface area contributed by atoms with Crippen molar-refractivity contribution in [2.75, 3.05) is 31.1 Å². The molecular formula is C13H18ClN3O. The minimum absolute atomic E-state index is 0.0220. The Bertz CT molecular complexity index is 428. The van der Waals surface area contributed by atoms with E-state index in [1.165, 1.54) is 0 Å². The summed E-state index contributed by atoms with van der Waals surface area (Å²) in [5.74, 6) is 0.0220. The van der Waals surface area contributed by atoms with Gasteiger partial charge in [0.05, 0.1) is 16.8 Å². The van der Waals surface area contributed by atoms with Gasteiger partial charge in [0.2, 0.25) is 5.91 Å². The van der Waals surface area contributed by atoms with Crippen LogP contribution in [-0.4, -0.2) is 43.0 Å². The highest BCUT2D eigenvalue weighted by atomic mass is 35.5. The lowest BCUT2D eigenvalue weighted by Gasteiger charge is -2.37. The Balaban J connectivity index is 1.99. The van der Waals surface area contributed by atoms with Gasteiger partial charge in [-0.1, -0.05) is 23.7 Å². The van der Waals surface area contributed by atoms with E-state index in [1.807, 2.05) is 29.2 Å². The summed E-state index contributed by atoms with van der Waals surface area (Å²) in [4.78, 5) is 15.8. The molecule has 1 saturated heterocycles. The van der Waals surface area contributed by atoms with Crippen LogP contribution in [0.3, 0.4) is 0 Å². The van der Waals surface area contributed by atoms with Gasteiger partial charge >= 0.3 is 0 Å². The number of benzene rings is 1. The third-order valence-corrected chi connectivity index (χ3v) is 3.49. The van der Waals surface area contributed by atoms with E-state index >= 15 is 0 Å². The van der Waals surface area contributed by atoms with E-state index in [9.17, 15) is 4.79 Å². The summed E-state index contributed by atoms with van der Waals surface area (Å²) >= 11 is 6.16. The summed E-state index contributed by atoms with van der Waals surface area (Å²) in [6.45, 7) is 4.71. The summed E-state index contributed by atoms with van der Waals surface area (Å²) < 4.78 is 0. The van der Waals surface area contributed by atoms with E-state index in [0.29, 0.717) is 13.1 Å². The molecule has 4 nitrogen and oxygen atoms in total. The quantitative estimate of drug-likeness (QED) is 0.880. The van der Waals surface area contributed by atoms with E-state index in [0.717, 1.165) is 23.8 Å². The van der Waals surface area contributed by atoms with Crippen molar-refractivity contribution in [1.29, 1.82) is 0 Å². The lowest BCUT2D eigenvalue weighted by atomic mass is 10.2. The number of hydrogen-bond acceptors (Lipinski definition) is 3. The average Bonchev–Trinajstić information content (AvgIpc) is 2.38. The predicted molar refractivity (Wildman–Crippen MR) is 73.9 cm³/mol. The molecule has 2 N–H and O–H groups in total. The maximum absolute atomic E-state index is 11.8. The number of rotatable bonds is 2. The number of nitrogens with two attached hydrogens (primary N) is 1. The maximum Gasteiger partial charge on any atom is 0.239 e. The van der Waals surface area contributed by atoms with Gasteiger partial charge in [0.1, 0.15) is 0 Å². The summed E-state index contributed by atoms with van der Waals surface area (Å²) in [5, 5.41) is 0.754. The highest BCUT2D eigenvalue weighted by Crippen LogP contribution is 2.25. The first-order valence-corrected chi connectivity index (χ1v) is 6.51. The number of para-hydroxylation sites is 1. The van der Waals surface area contributed by atoms with E-state index < -0.39 is 6.04 Å². The molecule has 1 fully saturated rings. The van der Waals surface area contributed by atoms with Gasteiger partial charge in [0.25, 0.3) is 0 Å². The first kappa shape index (κ1) is 13.2. The smallest absolute Gasteiger partial charge is 0.239 e. The summed E-state index contributed by atoms with van der Waals surface area (Å²) in [6.07, 6.45) is 0. The molecule has 1 aromatic rings. The van der Waals surface area contributed by atoms with Gasteiger partial charge < -0.3 is 15.5 Å². The molecular weight excluding hydrogens is 250 g/mol. The predicted octanol–water partition coefficient (Wildman–Crippen LogP) is 1.34. The van der Waals surface area contributed by atoms with Crippen molar-refractivity contribution in [2.24, 2.45) is 5.73 Å². The van der Waals surface area contributed by atoms with Crippen LogP contribution in [0.2, 0.25) is 5.02 Å². The molecule has 1 aliphatic rings. The van der Waals surface area contributed by atoms with Crippen molar-refractivity contribution < 1.29 is 4.79 Å². The SMILES string of the molecule is CC(N)C(=O)N1CCN(c2ccccc2Cl)CC1. The second-order valence-corrected chi connectivity index (χ2v) is 4.96. The first-order valence-electron chi connectivity index (χ1n) is 6.13. The molecule has 2 rings (SSSR count). The topological polar surface area (TPSA) is 49.6 Å². The Morgan fingerprint density at radius 3 is 2.44 bits per heavy atom. The van der Waals surface area contributed by atoms with Gasteiger partial charge in [-0.2, -0.15) is 0 Å². The Hall–Kier alpha value is -1.26. The molecule has 0 bridgehead atoms. The van der Waals surface area contributed by atoms with Gasteiger partial charge in [0.15, 0.2) is 0 Å². The van der Waals surface area contributed by atoms with Crippen molar-refractivity contribution in [3.05, 3.63) is 29.3 Å². The zero-order valence-corrected chi connectivity index (χ0v) is 11.2.